The summed E-state index contributed by atoms with van der Waals surface area (Å²) in [6.07, 6.45) is 2.96. The number of ketones is 1. The molecule has 2 atom stereocenters. The summed E-state index contributed by atoms with van der Waals surface area (Å²) in [5, 5.41) is 0. The summed E-state index contributed by atoms with van der Waals surface area (Å²) in [6.45, 7) is 7.00. The Morgan fingerprint density at radius 2 is 2.23 bits per heavy atom. The van der Waals surface area contributed by atoms with Crippen molar-refractivity contribution in [2.24, 2.45) is 11.8 Å². The van der Waals surface area contributed by atoms with Crippen LogP contribution < -0.4 is 0 Å². The van der Waals surface area contributed by atoms with Crippen molar-refractivity contribution in [2.75, 3.05) is 6.61 Å². The standard InChI is InChI=1S/C11H20O2/c1-8(2)4-5-11(12)10-6-9(3)13-7-10/h8-10H,4-7H2,1-3H3. The maximum atomic E-state index is 11.6. The summed E-state index contributed by atoms with van der Waals surface area (Å²) in [6, 6.07) is 0. The van der Waals surface area contributed by atoms with Crippen molar-refractivity contribution < 1.29 is 9.53 Å². The fourth-order valence-electron chi connectivity index (χ4n) is 1.68. The highest BCUT2D eigenvalue weighted by atomic mass is 16.5. The lowest BCUT2D eigenvalue weighted by Crippen LogP contribution is -2.14. The van der Waals surface area contributed by atoms with Crippen LogP contribution in [0.4, 0.5) is 0 Å². The van der Waals surface area contributed by atoms with E-state index in [4.69, 9.17) is 4.74 Å². The van der Waals surface area contributed by atoms with Crippen molar-refractivity contribution in [1.82, 2.24) is 0 Å². The van der Waals surface area contributed by atoms with E-state index in [0.717, 1.165) is 19.3 Å². The number of rotatable bonds is 4. The number of carbonyl (C=O) groups is 1. The van der Waals surface area contributed by atoms with Crippen LogP contribution in [0, 0.1) is 11.8 Å². The molecule has 0 N–H and O–H groups in total. The molecule has 0 radical (unpaired) electrons. The molecule has 2 heteroatoms. The molecular weight excluding hydrogens is 164 g/mol. The van der Waals surface area contributed by atoms with Gasteiger partial charge in [-0.15, -0.1) is 0 Å². The molecular formula is C11H20O2. The Morgan fingerprint density at radius 1 is 1.54 bits per heavy atom. The largest absolute Gasteiger partial charge is 0.378 e. The van der Waals surface area contributed by atoms with E-state index in [9.17, 15) is 4.79 Å². The first-order valence-corrected chi connectivity index (χ1v) is 5.24. The third-order valence-corrected chi connectivity index (χ3v) is 2.62. The van der Waals surface area contributed by atoms with Crippen LogP contribution in [0.3, 0.4) is 0 Å². The van der Waals surface area contributed by atoms with Crippen LogP contribution in [0.2, 0.25) is 0 Å². The molecule has 1 saturated heterocycles. The normalized spacial score (nSPS) is 28.3. The number of Topliss-reactive ketones (excluding diaryl/α,β-unsaturated/α-hetero) is 1. The SMILES string of the molecule is CC(C)CCC(=O)C1COC(C)C1. The highest BCUT2D eigenvalue weighted by Crippen LogP contribution is 2.22. The van der Waals surface area contributed by atoms with Gasteiger partial charge in [-0.1, -0.05) is 13.8 Å². The Bertz CT molecular complexity index is 175. The number of hydrogen-bond donors (Lipinski definition) is 0. The molecule has 0 aromatic rings. The highest BCUT2D eigenvalue weighted by molar-refractivity contribution is 5.81. The molecule has 0 aromatic carbocycles. The summed E-state index contributed by atoms with van der Waals surface area (Å²) in [5.74, 6) is 1.22. The Morgan fingerprint density at radius 3 is 2.69 bits per heavy atom. The van der Waals surface area contributed by atoms with Gasteiger partial charge in [0, 0.05) is 12.3 Å². The molecule has 0 aliphatic carbocycles. The monoisotopic (exact) mass is 184 g/mol. The minimum atomic E-state index is 0.189. The van der Waals surface area contributed by atoms with Gasteiger partial charge in [-0.25, -0.2) is 0 Å². The molecule has 0 aromatic heterocycles. The van der Waals surface area contributed by atoms with Crippen LogP contribution in [-0.2, 0) is 9.53 Å². The fraction of sp³-hybridized carbons (Fsp3) is 0.909. The van der Waals surface area contributed by atoms with E-state index in [1.54, 1.807) is 0 Å². The summed E-state index contributed by atoms with van der Waals surface area (Å²) < 4.78 is 5.37. The molecule has 2 unspecified atom stereocenters. The first kappa shape index (κ1) is 10.7. The van der Waals surface area contributed by atoms with E-state index < -0.39 is 0 Å². The third-order valence-electron chi connectivity index (χ3n) is 2.62. The molecule has 0 bridgehead atoms. The molecule has 1 aliphatic heterocycles. The van der Waals surface area contributed by atoms with Crippen LogP contribution in [0.15, 0.2) is 0 Å². The number of ether oxygens (including phenoxy) is 1. The molecule has 1 rings (SSSR count). The van der Waals surface area contributed by atoms with E-state index >= 15 is 0 Å². The quantitative estimate of drug-likeness (QED) is 0.670. The minimum absolute atomic E-state index is 0.189. The molecule has 1 heterocycles. The Labute approximate surface area is 80.7 Å². The van der Waals surface area contributed by atoms with Crippen molar-refractivity contribution in [2.45, 2.75) is 46.1 Å². The van der Waals surface area contributed by atoms with Crippen LogP contribution in [-0.4, -0.2) is 18.5 Å². The van der Waals surface area contributed by atoms with Crippen molar-refractivity contribution in [1.29, 1.82) is 0 Å². The summed E-state index contributed by atoms with van der Waals surface area (Å²) >= 11 is 0. The average molecular weight is 184 g/mol. The van der Waals surface area contributed by atoms with Crippen LogP contribution >= 0.6 is 0 Å². The van der Waals surface area contributed by atoms with Gasteiger partial charge in [0.25, 0.3) is 0 Å². The molecule has 0 spiro atoms. The maximum Gasteiger partial charge on any atom is 0.138 e. The topological polar surface area (TPSA) is 26.3 Å². The van der Waals surface area contributed by atoms with Crippen LogP contribution in [0.1, 0.15) is 40.0 Å². The zero-order valence-electron chi connectivity index (χ0n) is 8.88. The third kappa shape index (κ3) is 3.47. The van der Waals surface area contributed by atoms with E-state index in [-0.39, 0.29) is 12.0 Å². The van der Waals surface area contributed by atoms with E-state index in [0.29, 0.717) is 18.3 Å². The van der Waals surface area contributed by atoms with Crippen molar-refractivity contribution in [3.05, 3.63) is 0 Å². The second-order valence-electron chi connectivity index (χ2n) is 4.48. The highest BCUT2D eigenvalue weighted by Gasteiger charge is 2.27. The van der Waals surface area contributed by atoms with Gasteiger partial charge in [0.2, 0.25) is 0 Å². The molecule has 76 valence electrons. The zero-order chi connectivity index (χ0) is 9.84. The fourth-order valence-corrected chi connectivity index (χ4v) is 1.68. The first-order valence-electron chi connectivity index (χ1n) is 5.24. The minimum Gasteiger partial charge on any atom is -0.378 e. The second-order valence-corrected chi connectivity index (χ2v) is 4.48. The Hall–Kier alpha value is -0.370. The van der Waals surface area contributed by atoms with Gasteiger partial charge in [-0.2, -0.15) is 0 Å². The van der Waals surface area contributed by atoms with Crippen LogP contribution in [0.5, 0.6) is 0 Å². The molecule has 0 saturated carbocycles. The van der Waals surface area contributed by atoms with Gasteiger partial charge in [0.15, 0.2) is 0 Å². The molecule has 0 amide bonds. The molecule has 13 heavy (non-hydrogen) atoms. The molecule has 2 nitrogen and oxygen atoms in total. The second kappa shape index (κ2) is 4.75. The lowest BCUT2D eigenvalue weighted by molar-refractivity contribution is -0.123. The summed E-state index contributed by atoms with van der Waals surface area (Å²) in [7, 11) is 0. The van der Waals surface area contributed by atoms with Gasteiger partial charge in [0.1, 0.15) is 5.78 Å². The van der Waals surface area contributed by atoms with Gasteiger partial charge >= 0.3 is 0 Å². The number of hydrogen-bond acceptors (Lipinski definition) is 2. The summed E-state index contributed by atoms with van der Waals surface area (Å²) in [5.41, 5.74) is 0. The van der Waals surface area contributed by atoms with Gasteiger partial charge in [0.05, 0.1) is 12.7 Å². The van der Waals surface area contributed by atoms with Crippen molar-refractivity contribution in [3.63, 3.8) is 0 Å². The smallest absolute Gasteiger partial charge is 0.138 e. The van der Waals surface area contributed by atoms with E-state index in [1.165, 1.54) is 0 Å². The van der Waals surface area contributed by atoms with Gasteiger partial charge in [-0.05, 0) is 25.7 Å². The van der Waals surface area contributed by atoms with E-state index in [1.807, 2.05) is 6.92 Å². The van der Waals surface area contributed by atoms with Crippen LogP contribution in [0.25, 0.3) is 0 Å². The Balaban J connectivity index is 2.24. The zero-order valence-corrected chi connectivity index (χ0v) is 8.88. The van der Waals surface area contributed by atoms with Crippen molar-refractivity contribution >= 4 is 5.78 Å². The Kier molecular flexibility index (Phi) is 3.91. The lowest BCUT2D eigenvalue weighted by Gasteiger charge is -2.07. The van der Waals surface area contributed by atoms with Gasteiger partial charge < -0.3 is 4.74 Å². The molecule has 1 fully saturated rings. The predicted octanol–water partition coefficient (Wildman–Crippen LogP) is 2.42. The van der Waals surface area contributed by atoms with E-state index in [2.05, 4.69) is 13.8 Å². The first-order chi connectivity index (χ1) is 6.09. The average Bonchev–Trinajstić information content (AvgIpc) is 2.47. The van der Waals surface area contributed by atoms with Gasteiger partial charge in [-0.3, -0.25) is 4.79 Å². The predicted molar refractivity (Wildman–Crippen MR) is 52.6 cm³/mol. The summed E-state index contributed by atoms with van der Waals surface area (Å²) in [4.78, 5) is 11.6. The number of carbonyl (C=O) groups excluding carboxylic acids is 1. The lowest BCUT2D eigenvalue weighted by atomic mass is 9.95. The molecule has 1 aliphatic rings. The van der Waals surface area contributed by atoms with Crippen molar-refractivity contribution in [3.8, 4) is 0 Å². The maximum absolute atomic E-state index is 11.6.